The summed E-state index contributed by atoms with van der Waals surface area (Å²) in [6.07, 6.45) is -2.92. The van der Waals surface area contributed by atoms with Crippen molar-refractivity contribution in [3.05, 3.63) is 90.0 Å². The van der Waals surface area contributed by atoms with Crippen LogP contribution in [0.2, 0.25) is 0 Å². The number of nitrogens with zero attached hydrogens (tertiary/aromatic N) is 1. The van der Waals surface area contributed by atoms with E-state index in [4.69, 9.17) is 4.74 Å². The quantitative estimate of drug-likeness (QED) is 0.382. The second-order valence-electron chi connectivity index (χ2n) is 10.3. The zero-order valence-corrected chi connectivity index (χ0v) is 21.5. The number of amides is 1. The van der Waals surface area contributed by atoms with Crippen molar-refractivity contribution in [2.24, 2.45) is 5.92 Å². The minimum absolute atomic E-state index is 0.0297. The maximum absolute atomic E-state index is 12.9. The summed E-state index contributed by atoms with van der Waals surface area (Å²) < 4.78 is 44.3. The second kappa shape index (κ2) is 10.3. The van der Waals surface area contributed by atoms with Gasteiger partial charge in [-0.25, -0.2) is 0 Å². The van der Waals surface area contributed by atoms with Gasteiger partial charge in [-0.2, -0.15) is 13.2 Å². The van der Waals surface area contributed by atoms with Gasteiger partial charge in [0.1, 0.15) is 5.75 Å². The third-order valence-electron chi connectivity index (χ3n) is 8.20. The topological polar surface area (TPSA) is 53.6 Å². The normalized spacial score (nSPS) is 24.7. The molecule has 8 heteroatoms. The average Bonchev–Trinajstić information content (AvgIpc) is 2.92. The molecule has 38 heavy (non-hydrogen) atoms. The zero-order valence-electron chi connectivity index (χ0n) is 21.5. The molecule has 1 amide bonds. The molecule has 2 atom stereocenters. The lowest BCUT2D eigenvalue weighted by atomic mass is 9.62. The molecule has 3 aromatic rings. The van der Waals surface area contributed by atoms with Gasteiger partial charge in [0.2, 0.25) is 0 Å². The number of halogens is 3. The highest BCUT2D eigenvalue weighted by Gasteiger charge is 2.55. The van der Waals surface area contributed by atoms with Crippen molar-refractivity contribution in [2.75, 3.05) is 30.8 Å². The number of rotatable bonds is 7. The fourth-order valence-corrected chi connectivity index (χ4v) is 6.44. The molecule has 0 spiro atoms. The predicted octanol–water partition coefficient (Wildman–Crippen LogP) is 6.29. The molecule has 5 nitrogen and oxygen atoms in total. The van der Waals surface area contributed by atoms with E-state index >= 15 is 0 Å². The number of carbonyl (C=O) groups is 1. The maximum Gasteiger partial charge on any atom is 0.471 e. The van der Waals surface area contributed by atoms with Gasteiger partial charge in [0, 0.05) is 23.2 Å². The first-order valence-corrected chi connectivity index (χ1v) is 12.9. The number of ether oxygens (including phenoxy) is 1. The molecule has 2 bridgehead atoms. The number of hydrogen-bond donors (Lipinski definition) is 2. The van der Waals surface area contributed by atoms with E-state index in [1.54, 1.807) is 6.07 Å². The van der Waals surface area contributed by atoms with Crippen LogP contribution in [0.4, 0.5) is 24.5 Å². The lowest BCUT2D eigenvalue weighted by Gasteiger charge is -2.61. The van der Waals surface area contributed by atoms with Crippen molar-refractivity contribution >= 4 is 17.3 Å². The van der Waals surface area contributed by atoms with Crippen LogP contribution in [0.5, 0.6) is 5.75 Å². The molecule has 3 aromatic carbocycles. The van der Waals surface area contributed by atoms with E-state index in [1.165, 1.54) is 30.4 Å². The Hall–Kier alpha value is -3.52. The molecule has 0 aromatic heterocycles. The van der Waals surface area contributed by atoms with Gasteiger partial charge >= 0.3 is 12.1 Å². The van der Waals surface area contributed by atoms with Crippen LogP contribution in [0.25, 0.3) is 0 Å². The number of alkyl halides is 3. The number of piperidine rings is 3. The van der Waals surface area contributed by atoms with Gasteiger partial charge < -0.3 is 15.4 Å². The van der Waals surface area contributed by atoms with Crippen LogP contribution in [0.1, 0.15) is 36.8 Å². The van der Waals surface area contributed by atoms with Gasteiger partial charge in [0.05, 0.1) is 12.8 Å². The van der Waals surface area contributed by atoms with Crippen molar-refractivity contribution in [3.8, 4) is 5.75 Å². The van der Waals surface area contributed by atoms with E-state index in [9.17, 15) is 18.0 Å². The first-order chi connectivity index (χ1) is 18.2. The first kappa shape index (κ1) is 26.1. The molecule has 0 radical (unpaired) electrons. The minimum atomic E-state index is -4.97. The predicted molar refractivity (Wildman–Crippen MR) is 143 cm³/mol. The molecular formula is C30H32F3N3O2. The Morgan fingerprint density at radius 2 is 1.55 bits per heavy atom. The van der Waals surface area contributed by atoms with E-state index in [-0.39, 0.29) is 23.2 Å². The Morgan fingerprint density at radius 3 is 2.08 bits per heavy atom. The summed E-state index contributed by atoms with van der Waals surface area (Å²) in [5.41, 5.74) is 2.68. The Balaban J connectivity index is 1.57. The molecule has 2 N–H and O–H groups in total. The Bertz CT molecular complexity index is 1220. The van der Waals surface area contributed by atoms with Crippen LogP contribution in [0.15, 0.2) is 78.9 Å². The van der Waals surface area contributed by atoms with Crippen LogP contribution in [0, 0.1) is 5.92 Å². The van der Waals surface area contributed by atoms with Crippen LogP contribution in [-0.4, -0.2) is 48.8 Å². The van der Waals surface area contributed by atoms with Crippen LogP contribution < -0.4 is 15.4 Å². The number of benzene rings is 3. The molecule has 200 valence electrons. The summed E-state index contributed by atoms with van der Waals surface area (Å²) in [7, 11) is 1.53. The summed E-state index contributed by atoms with van der Waals surface area (Å²) in [5.74, 6) is -1.10. The van der Waals surface area contributed by atoms with Gasteiger partial charge in [0.15, 0.2) is 0 Å². The molecule has 0 unspecified atom stereocenters. The van der Waals surface area contributed by atoms with E-state index in [1.807, 2.05) is 17.4 Å². The maximum atomic E-state index is 12.9. The van der Waals surface area contributed by atoms with Gasteiger partial charge in [0.25, 0.3) is 0 Å². The third-order valence-corrected chi connectivity index (χ3v) is 8.20. The SMILES string of the molecule is COc1ccc(NC(=O)C(F)(F)F)cc1N[C@H]1C2CCN(CC2)[C@@]1(C)C(c1ccccc1)c1ccccc1. The largest absolute Gasteiger partial charge is 0.495 e. The summed E-state index contributed by atoms with van der Waals surface area (Å²) in [4.78, 5) is 14.2. The molecule has 3 saturated heterocycles. The molecular weight excluding hydrogens is 491 g/mol. The summed E-state index contributed by atoms with van der Waals surface area (Å²) in [6.45, 7) is 4.26. The molecule has 6 rings (SSSR count). The lowest BCUT2D eigenvalue weighted by molar-refractivity contribution is -0.167. The zero-order chi connectivity index (χ0) is 26.9. The highest BCUT2D eigenvalue weighted by Crippen LogP contribution is 2.51. The molecule has 3 fully saturated rings. The number of hydrogen-bond acceptors (Lipinski definition) is 4. The van der Waals surface area contributed by atoms with Crippen molar-refractivity contribution < 1.29 is 22.7 Å². The molecule has 3 heterocycles. The van der Waals surface area contributed by atoms with E-state index < -0.39 is 12.1 Å². The number of anilines is 2. The molecule has 0 saturated carbocycles. The Morgan fingerprint density at radius 1 is 0.974 bits per heavy atom. The molecule has 3 aliphatic rings. The van der Waals surface area contributed by atoms with Crippen LogP contribution in [0.3, 0.4) is 0 Å². The number of carbonyl (C=O) groups excluding carboxylic acids is 1. The van der Waals surface area contributed by atoms with Crippen molar-refractivity contribution in [3.63, 3.8) is 0 Å². The first-order valence-electron chi connectivity index (χ1n) is 12.9. The molecule has 3 aliphatic heterocycles. The van der Waals surface area contributed by atoms with Gasteiger partial charge in [-0.1, -0.05) is 60.7 Å². The van der Waals surface area contributed by atoms with E-state index in [0.717, 1.165) is 25.9 Å². The number of fused-ring (bicyclic) bond motifs is 3. The van der Waals surface area contributed by atoms with Crippen LogP contribution >= 0.6 is 0 Å². The smallest absolute Gasteiger partial charge is 0.471 e. The Labute approximate surface area is 221 Å². The van der Waals surface area contributed by atoms with Crippen molar-refractivity contribution in [1.82, 2.24) is 4.90 Å². The van der Waals surface area contributed by atoms with Gasteiger partial charge in [-0.05, 0) is 68.1 Å². The second-order valence-corrected chi connectivity index (χ2v) is 10.3. The fraction of sp³-hybridized carbons (Fsp3) is 0.367. The fourth-order valence-electron chi connectivity index (χ4n) is 6.44. The number of nitrogens with one attached hydrogen (secondary N) is 2. The lowest BCUT2D eigenvalue weighted by Crippen LogP contribution is -2.70. The minimum Gasteiger partial charge on any atom is -0.495 e. The van der Waals surface area contributed by atoms with Crippen molar-refractivity contribution in [1.29, 1.82) is 0 Å². The van der Waals surface area contributed by atoms with Gasteiger partial charge in [-0.3, -0.25) is 9.69 Å². The van der Waals surface area contributed by atoms with Gasteiger partial charge in [-0.15, -0.1) is 0 Å². The van der Waals surface area contributed by atoms with E-state index in [0.29, 0.717) is 17.4 Å². The highest BCUT2D eigenvalue weighted by atomic mass is 19.4. The van der Waals surface area contributed by atoms with E-state index in [2.05, 4.69) is 65.7 Å². The monoisotopic (exact) mass is 523 g/mol. The van der Waals surface area contributed by atoms with Crippen molar-refractivity contribution in [2.45, 2.75) is 43.4 Å². The summed E-state index contributed by atoms with van der Waals surface area (Å²) >= 11 is 0. The number of methoxy groups -OCH3 is 1. The van der Waals surface area contributed by atoms with Crippen LogP contribution in [-0.2, 0) is 4.79 Å². The average molecular weight is 524 g/mol. The summed E-state index contributed by atoms with van der Waals surface area (Å²) in [6, 6.07) is 25.4. The standard InChI is InChI=1S/C30H32F3N3O2/c1-29(26(20-9-5-3-6-10-20)21-11-7-4-8-12-21)27(22-15-17-36(29)18-16-22)35-24-19-23(13-14-25(24)38-2)34-28(37)30(31,32)33/h3-14,19,22,26-27,35H,15-18H2,1-2H3,(H,34,37)/t27-,29-/m0/s1. The third kappa shape index (κ3) is 4.85. The Kier molecular flexibility index (Phi) is 7.09. The molecule has 0 aliphatic carbocycles. The highest BCUT2D eigenvalue weighted by molar-refractivity contribution is 5.95. The summed E-state index contributed by atoms with van der Waals surface area (Å²) in [5, 5.41) is 5.67.